The zero-order valence-corrected chi connectivity index (χ0v) is 14.2. The van der Waals surface area contributed by atoms with Crippen LogP contribution in [0.15, 0.2) is 24.3 Å². The predicted molar refractivity (Wildman–Crippen MR) is 90.7 cm³/mol. The summed E-state index contributed by atoms with van der Waals surface area (Å²) in [4.78, 5) is 26.2. The molecule has 0 radical (unpaired) electrons. The first-order valence-corrected chi connectivity index (χ1v) is 8.29. The van der Waals surface area contributed by atoms with Crippen LogP contribution in [0.4, 0.5) is 10.5 Å². The van der Waals surface area contributed by atoms with E-state index in [4.69, 9.17) is 14.2 Å². The average Bonchev–Trinajstić information content (AvgIpc) is 2.87. The highest BCUT2D eigenvalue weighted by Crippen LogP contribution is 2.22. The van der Waals surface area contributed by atoms with Gasteiger partial charge in [0.2, 0.25) is 0 Å². The van der Waals surface area contributed by atoms with Gasteiger partial charge in [-0.2, -0.15) is 0 Å². The van der Waals surface area contributed by atoms with Crippen molar-refractivity contribution in [3.05, 3.63) is 29.8 Å². The van der Waals surface area contributed by atoms with Crippen molar-refractivity contribution < 1.29 is 23.8 Å². The van der Waals surface area contributed by atoms with Crippen LogP contribution in [0.5, 0.6) is 0 Å². The van der Waals surface area contributed by atoms with Gasteiger partial charge in [-0.25, -0.2) is 9.59 Å². The van der Waals surface area contributed by atoms with E-state index in [2.05, 4.69) is 10.6 Å². The number of hydrogen-bond donors (Lipinski definition) is 2. The minimum absolute atomic E-state index is 0.275. The van der Waals surface area contributed by atoms with E-state index in [0.29, 0.717) is 50.7 Å². The molecule has 2 heterocycles. The number of ether oxygens (including phenoxy) is 3. The second kappa shape index (κ2) is 7.81. The van der Waals surface area contributed by atoms with Crippen molar-refractivity contribution >= 4 is 17.7 Å². The summed E-state index contributed by atoms with van der Waals surface area (Å²) in [5, 5.41) is 6.08. The molecule has 0 aromatic heterocycles. The third-order valence-electron chi connectivity index (χ3n) is 4.35. The zero-order chi connectivity index (χ0) is 17.7. The number of morpholine rings is 1. The van der Waals surface area contributed by atoms with Crippen molar-refractivity contribution in [3.8, 4) is 0 Å². The molecule has 1 aromatic carbocycles. The lowest BCUT2D eigenvalue weighted by molar-refractivity contribution is -0.123. The number of urea groups is 1. The van der Waals surface area contributed by atoms with E-state index in [9.17, 15) is 9.59 Å². The maximum absolute atomic E-state index is 12.7. The first kappa shape index (κ1) is 17.7. The molecule has 1 atom stereocenters. The Morgan fingerprint density at radius 1 is 1.32 bits per heavy atom. The zero-order valence-electron chi connectivity index (χ0n) is 14.2. The van der Waals surface area contributed by atoms with E-state index >= 15 is 0 Å². The molecule has 1 aromatic rings. The standard InChI is InChI=1S/C17H23N3O5/c1-23-15(21)13-4-2-3-5-14(13)19-16(22)20-7-9-25-17(11-20)10-18-6-8-24-12-17/h2-5,18H,6-12H2,1H3,(H,19,22). The molecule has 136 valence electrons. The van der Waals surface area contributed by atoms with Crippen LogP contribution >= 0.6 is 0 Å². The summed E-state index contributed by atoms with van der Waals surface area (Å²) in [5.74, 6) is -0.490. The Morgan fingerprint density at radius 3 is 3.00 bits per heavy atom. The minimum Gasteiger partial charge on any atom is -0.465 e. The highest BCUT2D eigenvalue weighted by atomic mass is 16.5. The van der Waals surface area contributed by atoms with Crippen LogP contribution in [-0.2, 0) is 14.2 Å². The second-order valence-electron chi connectivity index (χ2n) is 6.15. The van der Waals surface area contributed by atoms with Gasteiger partial charge in [-0.05, 0) is 12.1 Å². The fourth-order valence-electron chi connectivity index (χ4n) is 3.06. The molecule has 2 fully saturated rings. The molecule has 0 saturated carbocycles. The highest BCUT2D eigenvalue weighted by molar-refractivity contribution is 6.00. The van der Waals surface area contributed by atoms with Crippen LogP contribution in [-0.4, -0.2) is 75.6 Å². The van der Waals surface area contributed by atoms with E-state index in [1.165, 1.54) is 7.11 Å². The van der Waals surface area contributed by atoms with Crippen molar-refractivity contribution in [1.82, 2.24) is 10.2 Å². The lowest BCUT2D eigenvalue weighted by Gasteiger charge is -2.41. The molecular weight excluding hydrogens is 326 g/mol. The Kier molecular flexibility index (Phi) is 5.52. The quantitative estimate of drug-likeness (QED) is 0.764. The Balaban J connectivity index is 1.70. The molecule has 1 spiro atoms. The number of esters is 1. The summed E-state index contributed by atoms with van der Waals surface area (Å²) in [6.07, 6.45) is 0. The number of rotatable bonds is 2. The van der Waals surface area contributed by atoms with Gasteiger partial charge in [0.25, 0.3) is 0 Å². The summed E-state index contributed by atoms with van der Waals surface area (Å²) in [5.41, 5.74) is 0.212. The van der Waals surface area contributed by atoms with Gasteiger partial charge in [-0.1, -0.05) is 12.1 Å². The SMILES string of the molecule is COC(=O)c1ccccc1NC(=O)N1CCOC2(CNCCOC2)C1. The normalized spacial score (nSPS) is 23.8. The molecule has 2 saturated heterocycles. The van der Waals surface area contributed by atoms with Gasteiger partial charge in [0, 0.05) is 19.6 Å². The molecule has 2 amide bonds. The number of carbonyl (C=O) groups excluding carboxylic acids is 2. The number of carbonyl (C=O) groups is 2. The lowest BCUT2D eigenvalue weighted by Crippen LogP contribution is -2.60. The summed E-state index contributed by atoms with van der Waals surface area (Å²) in [7, 11) is 1.31. The van der Waals surface area contributed by atoms with Crippen LogP contribution in [0.2, 0.25) is 0 Å². The van der Waals surface area contributed by atoms with E-state index in [1.54, 1.807) is 29.2 Å². The van der Waals surface area contributed by atoms with Gasteiger partial charge in [0.1, 0.15) is 5.60 Å². The van der Waals surface area contributed by atoms with E-state index in [1.807, 2.05) is 0 Å². The molecule has 0 aliphatic carbocycles. The number of benzene rings is 1. The van der Waals surface area contributed by atoms with Crippen molar-refractivity contribution in [2.75, 3.05) is 58.4 Å². The molecule has 2 aliphatic rings. The van der Waals surface area contributed by atoms with Crippen LogP contribution < -0.4 is 10.6 Å². The van der Waals surface area contributed by atoms with E-state index in [0.717, 1.165) is 6.54 Å². The molecule has 2 N–H and O–H groups in total. The number of nitrogens with zero attached hydrogens (tertiary/aromatic N) is 1. The Morgan fingerprint density at radius 2 is 2.16 bits per heavy atom. The molecule has 1 unspecified atom stereocenters. The molecule has 25 heavy (non-hydrogen) atoms. The largest absolute Gasteiger partial charge is 0.465 e. The number of hydrogen-bond acceptors (Lipinski definition) is 6. The van der Waals surface area contributed by atoms with Gasteiger partial charge < -0.3 is 29.7 Å². The molecule has 8 nitrogen and oxygen atoms in total. The van der Waals surface area contributed by atoms with E-state index in [-0.39, 0.29) is 6.03 Å². The average molecular weight is 349 g/mol. The smallest absolute Gasteiger partial charge is 0.339 e. The number of methoxy groups -OCH3 is 1. The minimum atomic E-state index is -0.534. The van der Waals surface area contributed by atoms with Gasteiger partial charge in [0.15, 0.2) is 0 Å². The predicted octanol–water partition coefficient (Wildman–Crippen LogP) is 0.696. The summed E-state index contributed by atoms with van der Waals surface area (Å²) >= 11 is 0. The van der Waals surface area contributed by atoms with Crippen LogP contribution in [0.1, 0.15) is 10.4 Å². The highest BCUT2D eigenvalue weighted by Gasteiger charge is 2.39. The monoisotopic (exact) mass is 349 g/mol. The molecule has 0 bridgehead atoms. The summed E-state index contributed by atoms with van der Waals surface area (Å²) in [6.45, 7) is 3.82. The molecule has 2 aliphatic heterocycles. The van der Waals surface area contributed by atoms with Gasteiger partial charge in [-0.15, -0.1) is 0 Å². The van der Waals surface area contributed by atoms with Gasteiger partial charge >= 0.3 is 12.0 Å². The fourth-order valence-corrected chi connectivity index (χ4v) is 3.06. The van der Waals surface area contributed by atoms with Crippen molar-refractivity contribution in [2.45, 2.75) is 5.60 Å². The third kappa shape index (κ3) is 4.09. The third-order valence-corrected chi connectivity index (χ3v) is 4.35. The Bertz CT molecular complexity index is 628. The maximum Gasteiger partial charge on any atom is 0.339 e. The van der Waals surface area contributed by atoms with Gasteiger partial charge in [-0.3, -0.25) is 0 Å². The molecule has 3 rings (SSSR count). The lowest BCUT2D eigenvalue weighted by atomic mass is 10.0. The van der Waals surface area contributed by atoms with E-state index < -0.39 is 11.6 Å². The van der Waals surface area contributed by atoms with Crippen molar-refractivity contribution in [2.24, 2.45) is 0 Å². The first-order valence-electron chi connectivity index (χ1n) is 8.29. The summed E-state index contributed by atoms with van der Waals surface area (Å²) < 4.78 is 16.3. The molecular formula is C17H23N3O5. The van der Waals surface area contributed by atoms with Crippen molar-refractivity contribution in [1.29, 1.82) is 0 Å². The Labute approximate surface area is 146 Å². The molecule has 8 heteroatoms. The van der Waals surface area contributed by atoms with Crippen LogP contribution in [0, 0.1) is 0 Å². The van der Waals surface area contributed by atoms with Crippen LogP contribution in [0.3, 0.4) is 0 Å². The van der Waals surface area contributed by atoms with Crippen LogP contribution in [0.25, 0.3) is 0 Å². The number of para-hydroxylation sites is 1. The first-order chi connectivity index (χ1) is 12.1. The summed E-state index contributed by atoms with van der Waals surface area (Å²) in [6, 6.07) is 6.50. The Hall–Kier alpha value is -2.16. The number of amides is 2. The topological polar surface area (TPSA) is 89.1 Å². The number of nitrogens with one attached hydrogen (secondary N) is 2. The second-order valence-corrected chi connectivity index (χ2v) is 6.15. The fraction of sp³-hybridized carbons (Fsp3) is 0.529. The maximum atomic E-state index is 12.7. The van der Waals surface area contributed by atoms with Crippen molar-refractivity contribution in [3.63, 3.8) is 0 Å². The van der Waals surface area contributed by atoms with Gasteiger partial charge in [0.05, 0.1) is 44.7 Å². The number of anilines is 1.